The Balaban J connectivity index is 3.41. The Hall–Kier alpha value is -1.99. The van der Waals surface area contributed by atoms with Crippen molar-refractivity contribution in [3.8, 4) is 5.75 Å². The molecule has 0 unspecified atom stereocenters. The molecule has 1 heterocycles. The van der Waals surface area contributed by atoms with Gasteiger partial charge in [-0.25, -0.2) is 8.78 Å². The number of nitro groups is 1. The van der Waals surface area contributed by atoms with Crippen LogP contribution < -0.4 is 5.73 Å². The van der Waals surface area contributed by atoms with Crippen LogP contribution in [0.2, 0.25) is 0 Å². The summed E-state index contributed by atoms with van der Waals surface area (Å²) in [6.07, 6.45) is -2.52. The van der Waals surface area contributed by atoms with Crippen molar-refractivity contribution < 1.29 is 18.8 Å². The highest BCUT2D eigenvalue weighted by molar-refractivity contribution is 5.63. The summed E-state index contributed by atoms with van der Waals surface area (Å²) in [7, 11) is 0. The molecule has 1 rings (SSSR count). The molecule has 0 radical (unpaired) electrons. The molecule has 0 saturated carbocycles. The van der Waals surface area contributed by atoms with Crippen molar-refractivity contribution in [1.82, 2.24) is 4.98 Å². The fourth-order valence-corrected chi connectivity index (χ4v) is 0.895. The summed E-state index contributed by atoms with van der Waals surface area (Å²) < 4.78 is 24.5. The molecule has 1 aromatic rings. The number of aromatic nitrogens is 1. The summed E-state index contributed by atoms with van der Waals surface area (Å²) in [5, 5.41) is 19.2. The fourth-order valence-electron chi connectivity index (χ4n) is 0.895. The van der Waals surface area contributed by atoms with Crippen molar-refractivity contribution in [3.63, 3.8) is 0 Å². The highest BCUT2D eigenvalue weighted by Crippen LogP contribution is 2.36. The van der Waals surface area contributed by atoms with E-state index in [0.29, 0.717) is 6.20 Å². The summed E-state index contributed by atoms with van der Waals surface area (Å²) >= 11 is 0. The maximum absolute atomic E-state index is 12.2. The molecule has 0 aliphatic heterocycles. The molecule has 0 amide bonds. The number of anilines is 1. The predicted molar refractivity (Wildman–Crippen MR) is 41.9 cm³/mol. The second-order valence-corrected chi connectivity index (χ2v) is 2.35. The summed E-state index contributed by atoms with van der Waals surface area (Å²) in [5.74, 6) is -1.75. The minimum Gasteiger partial charge on any atom is -0.504 e. The van der Waals surface area contributed by atoms with Crippen molar-refractivity contribution in [3.05, 3.63) is 21.9 Å². The topological polar surface area (TPSA) is 102 Å². The molecule has 8 heteroatoms. The highest BCUT2D eigenvalue weighted by atomic mass is 19.3. The molecule has 0 bridgehead atoms. The molecule has 0 spiro atoms. The first-order chi connectivity index (χ1) is 6.45. The fraction of sp³-hybridized carbons (Fsp3) is 0.167. The highest BCUT2D eigenvalue weighted by Gasteiger charge is 2.26. The summed E-state index contributed by atoms with van der Waals surface area (Å²) in [6, 6.07) is 0. The predicted octanol–water partition coefficient (Wildman–Crippen LogP) is 1.22. The Morgan fingerprint density at radius 1 is 1.64 bits per heavy atom. The molecule has 0 aliphatic carbocycles. The van der Waals surface area contributed by atoms with E-state index in [1.165, 1.54) is 0 Å². The van der Waals surface area contributed by atoms with Crippen molar-refractivity contribution in [1.29, 1.82) is 0 Å². The van der Waals surface area contributed by atoms with E-state index in [1.807, 2.05) is 0 Å². The average Bonchev–Trinajstić information content (AvgIpc) is 2.02. The van der Waals surface area contributed by atoms with Crippen molar-refractivity contribution in [2.75, 3.05) is 5.73 Å². The van der Waals surface area contributed by atoms with Crippen LogP contribution in [0.4, 0.5) is 20.3 Å². The largest absolute Gasteiger partial charge is 0.504 e. The van der Waals surface area contributed by atoms with Crippen LogP contribution in [0.5, 0.6) is 5.75 Å². The third kappa shape index (κ3) is 1.53. The smallest absolute Gasteiger partial charge is 0.387 e. The first-order valence-corrected chi connectivity index (χ1v) is 3.35. The lowest BCUT2D eigenvalue weighted by Crippen LogP contribution is -2.03. The van der Waals surface area contributed by atoms with Gasteiger partial charge in [-0.15, -0.1) is 0 Å². The van der Waals surface area contributed by atoms with E-state index in [1.54, 1.807) is 0 Å². The van der Waals surface area contributed by atoms with E-state index >= 15 is 0 Å². The molecule has 0 aliphatic rings. The van der Waals surface area contributed by atoms with Gasteiger partial charge in [0.05, 0.1) is 5.56 Å². The van der Waals surface area contributed by atoms with Gasteiger partial charge in [0.1, 0.15) is 5.69 Å². The number of nitrogens with zero attached hydrogens (tertiary/aromatic N) is 2. The Bertz CT molecular complexity index is 383. The molecule has 0 saturated heterocycles. The van der Waals surface area contributed by atoms with E-state index in [9.17, 15) is 18.9 Å². The molecular weight excluding hydrogens is 200 g/mol. The van der Waals surface area contributed by atoms with Gasteiger partial charge in [-0.2, -0.15) is 0 Å². The van der Waals surface area contributed by atoms with Gasteiger partial charge in [-0.3, -0.25) is 0 Å². The summed E-state index contributed by atoms with van der Waals surface area (Å²) in [6.45, 7) is 0. The van der Waals surface area contributed by atoms with Gasteiger partial charge in [0.15, 0.2) is 11.9 Å². The number of nitrogens with two attached hydrogens (primary N) is 1. The zero-order valence-corrected chi connectivity index (χ0v) is 6.65. The molecule has 0 aromatic carbocycles. The molecule has 0 atom stereocenters. The van der Waals surface area contributed by atoms with Crippen LogP contribution >= 0.6 is 0 Å². The van der Waals surface area contributed by atoms with Crippen LogP contribution in [0.3, 0.4) is 0 Å². The normalized spacial score (nSPS) is 10.5. The number of hydrogen-bond acceptors (Lipinski definition) is 5. The Labute approximate surface area is 76.1 Å². The Kier molecular flexibility index (Phi) is 2.45. The van der Waals surface area contributed by atoms with Crippen LogP contribution in [0.25, 0.3) is 0 Å². The Morgan fingerprint density at radius 2 is 2.21 bits per heavy atom. The lowest BCUT2D eigenvalue weighted by Gasteiger charge is -2.05. The number of hydrogen-bond donors (Lipinski definition) is 2. The third-order valence-corrected chi connectivity index (χ3v) is 1.51. The van der Waals surface area contributed by atoms with Crippen LogP contribution in [-0.4, -0.2) is 15.0 Å². The second-order valence-electron chi connectivity index (χ2n) is 2.35. The van der Waals surface area contributed by atoms with Crippen LogP contribution in [0.15, 0.2) is 6.20 Å². The molecule has 14 heavy (non-hydrogen) atoms. The second kappa shape index (κ2) is 3.40. The van der Waals surface area contributed by atoms with Gasteiger partial charge < -0.3 is 21.0 Å². The maximum Gasteiger partial charge on any atom is 0.387 e. The Morgan fingerprint density at radius 3 is 2.64 bits per heavy atom. The van der Waals surface area contributed by atoms with Gasteiger partial charge in [0.2, 0.25) is 0 Å². The first kappa shape index (κ1) is 10.1. The molecular formula is C6H5F2N3O3. The van der Waals surface area contributed by atoms with Gasteiger partial charge >= 0.3 is 5.82 Å². The van der Waals surface area contributed by atoms with Crippen molar-refractivity contribution in [2.24, 2.45) is 0 Å². The van der Waals surface area contributed by atoms with Gasteiger partial charge in [-0.1, -0.05) is 0 Å². The molecule has 6 nitrogen and oxygen atoms in total. The molecule has 0 fully saturated rings. The summed E-state index contributed by atoms with van der Waals surface area (Å²) in [5.41, 5.74) is 3.26. The number of nitrogen functional groups attached to an aromatic ring is 1. The average molecular weight is 205 g/mol. The van der Waals surface area contributed by atoms with E-state index in [4.69, 9.17) is 10.8 Å². The molecule has 1 aromatic heterocycles. The quantitative estimate of drug-likeness (QED) is 0.558. The minimum absolute atomic E-state index is 0.565. The van der Waals surface area contributed by atoms with Crippen molar-refractivity contribution >= 4 is 11.5 Å². The number of pyridine rings is 1. The van der Waals surface area contributed by atoms with Gasteiger partial charge in [0.25, 0.3) is 6.43 Å². The minimum atomic E-state index is -3.09. The van der Waals surface area contributed by atoms with Crippen LogP contribution in [-0.2, 0) is 0 Å². The lowest BCUT2D eigenvalue weighted by atomic mass is 10.2. The number of halogens is 2. The van der Waals surface area contributed by atoms with Crippen LogP contribution in [0, 0.1) is 10.1 Å². The van der Waals surface area contributed by atoms with E-state index < -0.39 is 34.2 Å². The number of rotatable bonds is 2. The SMILES string of the molecule is Nc1c([N+](=O)[O-])ncc(O)c1C(F)F. The zero-order valence-electron chi connectivity index (χ0n) is 6.65. The number of alkyl halides is 2. The third-order valence-electron chi connectivity index (χ3n) is 1.51. The summed E-state index contributed by atoms with van der Waals surface area (Å²) in [4.78, 5) is 12.4. The van der Waals surface area contributed by atoms with Gasteiger partial charge in [-0.05, 0) is 9.91 Å². The van der Waals surface area contributed by atoms with E-state index in [0.717, 1.165) is 0 Å². The monoisotopic (exact) mass is 205 g/mol. The molecule has 3 N–H and O–H groups in total. The molecule has 76 valence electrons. The van der Waals surface area contributed by atoms with Crippen molar-refractivity contribution in [2.45, 2.75) is 6.43 Å². The first-order valence-electron chi connectivity index (χ1n) is 3.35. The van der Waals surface area contributed by atoms with E-state index in [-0.39, 0.29) is 0 Å². The van der Waals surface area contributed by atoms with Gasteiger partial charge in [0, 0.05) is 0 Å². The number of aromatic hydroxyl groups is 1. The zero-order chi connectivity index (χ0) is 10.9. The standard InChI is InChI=1S/C6H5F2N3O3/c7-5(8)3-2(12)1-10-6(4(3)9)11(13)14/h1,5,12H,9H2. The lowest BCUT2D eigenvalue weighted by molar-refractivity contribution is -0.388. The van der Waals surface area contributed by atoms with Crippen LogP contribution in [0.1, 0.15) is 12.0 Å². The van der Waals surface area contributed by atoms with E-state index in [2.05, 4.69) is 4.98 Å². The maximum atomic E-state index is 12.2.